The Morgan fingerprint density at radius 3 is 2.68 bits per heavy atom. The molecule has 3 aromatic rings. The molecular weight excluding hydrogens is 385 g/mol. The second-order valence-corrected chi connectivity index (χ2v) is 7.65. The number of hydrogen-bond donors (Lipinski definition) is 1. The molecule has 0 aliphatic rings. The SMILES string of the molecule is CCc1nnc(NC(=O)c2sc3cc(Cl)cc(Cl)c3c2Cl)s1. The maximum absolute atomic E-state index is 12.4. The number of carbonyl (C=O) groups is 1. The van der Waals surface area contributed by atoms with Gasteiger partial charge < -0.3 is 0 Å². The van der Waals surface area contributed by atoms with E-state index in [4.69, 9.17) is 34.8 Å². The van der Waals surface area contributed by atoms with Crippen LogP contribution in [0.1, 0.15) is 21.6 Å². The van der Waals surface area contributed by atoms with Gasteiger partial charge in [-0.1, -0.05) is 53.1 Å². The average Bonchev–Trinajstić information content (AvgIpc) is 3.03. The van der Waals surface area contributed by atoms with Gasteiger partial charge in [-0.2, -0.15) is 0 Å². The molecule has 0 aliphatic carbocycles. The first-order chi connectivity index (χ1) is 10.5. The Morgan fingerprint density at radius 1 is 1.23 bits per heavy atom. The van der Waals surface area contributed by atoms with Gasteiger partial charge in [0.25, 0.3) is 5.91 Å². The molecule has 0 saturated carbocycles. The first-order valence-electron chi connectivity index (χ1n) is 6.20. The number of fused-ring (bicyclic) bond motifs is 1. The van der Waals surface area contributed by atoms with E-state index in [1.807, 2.05) is 6.92 Å². The molecular formula is C13H8Cl3N3OS2. The van der Waals surface area contributed by atoms with Crippen molar-refractivity contribution < 1.29 is 4.79 Å². The van der Waals surface area contributed by atoms with Crippen molar-refractivity contribution in [2.75, 3.05) is 5.32 Å². The summed E-state index contributed by atoms with van der Waals surface area (Å²) in [7, 11) is 0. The molecule has 1 amide bonds. The van der Waals surface area contributed by atoms with Crippen LogP contribution in [0, 0.1) is 0 Å². The number of anilines is 1. The highest BCUT2D eigenvalue weighted by molar-refractivity contribution is 7.22. The lowest BCUT2D eigenvalue weighted by Crippen LogP contribution is -2.10. The Balaban J connectivity index is 1.97. The number of rotatable bonds is 3. The molecule has 0 saturated heterocycles. The molecule has 0 unspecified atom stereocenters. The van der Waals surface area contributed by atoms with E-state index in [0.29, 0.717) is 30.5 Å². The van der Waals surface area contributed by atoms with E-state index in [1.54, 1.807) is 12.1 Å². The summed E-state index contributed by atoms with van der Waals surface area (Å²) in [4.78, 5) is 12.7. The lowest BCUT2D eigenvalue weighted by atomic mass is 10.2. The van der Waals surface area contributed by atoms with E-state index in [1.165, 1.54) is 22.7 Å². The molecule has 0 spiro atoms. The van der Waals surface area contributed by atoms with Gasteiger partial charge in [-0.3, -0.25) is 10.1 Å². The maximum Gasteiger partial charge on any atom is 0.269 e. The number of hydrogen-bond acceptors (Lipinski definition) is 5. The third-order valence-corrected chi connectivity index (χ3v) is 5.97. The van der Waals surface area contributed by atoms with E-state index in [9.17, 15) is 4.79 Å². The molecule has 114 valence electrons. The van der Waals surface area contributed by atoms with E-state index in [2.05, 4.69) is 15.5 Å². The molecule has 4 nitrogen and oxygen atoms in total. The van der Waals surface area contributed by atoms with E-state index >= 15 is 0 Å². The Labute approximate surface area is 149 Å². The van der Waals surface area contributed by atoms with Gasteiger partial charge in [0.2, 0.25) is 5.13 Å². The van der Waals surface area contributed by atoms with Gasteiger partial charge in [0.1, 0.15) is 9.88 Å². The standard InChI is InChI=1S/C13H8Cl3N3OS2/c1-2-8-18-19-13(22-8)17-12(20)11-10(16)9-6(15)3-5(14)4-7(9)21-11/h3-4H,2H2,1H3,(H,17,19,20). The van der Waals surface area contributed by atoms with Crippen molar-refractivity contribution in [3.63, 3.8) is 0 Å². The molecule has 2 heterocycles. The van der Waals surface area contributed by atoms with E-state index in [0.717, 1.165) is 16.1 Å². The van der Waals surface area contributed by atoms with Gasteiger partial charge in [-0.25, -0.2) is 0 Å². The van der Waals surface area contributed by atoms with Crippen LogP contribution in [-0.2, 0) is 6.42 Å². The van der Waals surface area contributed by atoms with Crippen molar-refractivity contribution in [2.24, 2.45) is 0 Å². The van der Waals surface area contributed by atoms with Crippen LogP contribution in [0.15, 0.2) is 12.1 Å². The number of aryl methyl sites for hydroxylation is 1. The topological polar surface area (TPSA) is 54.9 Å². The molecule has 0 radical (unpaired) electrons. The maximum atomic E-state index is 12.4. The minimum absolute atomic E-state index is 0.319. The van der Waals surface area contributed by atoms with Crippen LogP contribution in [-0.4, -0.2) is 16.1 Å². The van der Waals surface area contributed by atoms with Crippen molar-refractivity contribution in [3.05, 3.63) is 37.1 Å². The van der Waals surface area contributed by atoms with Gasteiger partial charge >= 0.3 is 0 Å². The van der Waals surface area contributed by atoms with Crippen molar-refractivity contribution in [1.29, 1.82) is 0 Å². The number of nitrogens with one attached hydrogen (secondary N) is 1. The highest BCUT2D eigenvalue weighted by Gasteiger charge is 2.20. The summed E-state index contributed by atoms with van der Waals surface area (Å²) in [6.45, 7) is 1.97. The van der Waals surface area contributed by atoms with Crippen LogP contribution >= 0.6 is 57.5 Å². The van der Waals surface area contributed by atoms with Gasteiger partial charge in [0.15, 0.2) is 0 Å². The number of nitrogens with zero attached hydrogens (tertiary/aromatic N) is 2. The number of thiophene rings is 1. The molecule has 2 aromatic heterocycles. The highest BCUT2D eigenvalue weighted by Crippen LogP contribution is 2.41. The Hall–Kier alpha value is -0.920. The minimum Gasteiger partial charge on any atom is -0.296 e. The van der Waals surface area contributed by atoms with E-state index in [-0.39, 0.29) is 5.91 Å². The monoisotopic (exact) mass is 391 g/mol. The third-order valence-electron chi connectivity index (χ3n) is 2.85. The Kier molecular flexibility index (Phi) is 4.56. The first kappa shape index (κ1) is 16.0. The molecule has 1 N–H and O–H groups in total. The zero-order valence-electron chi connectivity index (χ0n) is 11.1. The van der Waals surface area contributed by atoms with Gasteiger partial charge in [0.05, 0.1) is 10.0 Å². The van der Waals surface area contributed by atoms with E-state index < -0.39 is 0 Å². The second-order valence-electron chi connectivity index (χ2n) is 4.31. The predicted octanol–water partition coefficient (Wildman–Crippen LogP) is 5.53. The summed E-state index contributed by atoms with van der Waals surface area (Å²) >= 11 is 21.0. The molecule has 9 heteroatoms. The summed E-state index contributed by atoms with van der Waals surface area (Å²) in [5, 5.41) is 13.8. The van der Waals surface area contributed by atoms with Crippen molar-refractivity contribution in [2.45, 2.75) is 13.3 Å². The minimum atomic E-state index is -0.336. The third kappa shape index (κ3) is 2.94. The molecule has 3 rings (SSSR count). The zero-order chi connectivity index (χ0) is 15.9. The lowest BCUT2D eigenvalue weighted by Gasteiger charge is -1.98. The molecule has 22 heavy (non-hydrogen) atoms. The molecule has 0 atom stereocenters. The normalized spacial score (nSPS) is 11.1. The lowest BCUT2D eigenvalue weighted by molar-refractivity contribution is 0.103. The summed E-state index contributed by atoms with van der Waals surface area (Å²) < 4.78 is 0.763. The van der Waals surface area contributed by atoms with Crippen molar-refractivity contribution in [3.8, 4) is 0 Å². The second kappa shape index (κ2) is 6.29. The Bertz CT molecular complexity index is 875. The van der Waals surface area contributed by atoms with Crippen LogP contribution in [0.3, 0.4) is 0 Å². The fraction of sp³-hybridized carbons (Fsp3) is 0.154. The quantitative estimate of drug-likeness (QED) is 0.637. The highest BCUT2D eigenvalue weighted by atomic mass is 35.5. The summed E-state index contributed by atoms with van der Waals surface area (Å²) in [6.07, 6.45) is 0.769. The van der Waals surface area contributed by atoms with Crippen LogP contribution < -0.4 is 5.32 Å². The number of aromatic nitrogens is 2. The fourth-order valence-corrected chi connectivity index (χ4v) is 4.81. The summed E-state index contributed by atoms with van der Waals surface area (Å²) in [5.41, 5.74) is 0. The summed E-state index contributed by atoms with van der Waals surface area (Å²) in [6, 6.07) is 3.33. The van der Waals surface area contributed by atoms with Gasteiger partial charge in [-0.05, 0) is 18.6 Å². The average molecular weight is 393 g/mol. The van der Waals surface area contributed by atoms with Crippen molar-refractivity contribution >= 4 is 78.6 Å². The number of carbonyl (C=O) groups excluding carboxylic acids is 1. The summed E-state index contributed by atoms with van der Waals surface area (Å²) in [5.74, 6) is -0.336. The predicted molar refractivity (Wildman–Crippen MR) is 94.1 cm³/mol. The number of benzene rings is 1. The molecule has 0 aliphatic heterocycles. The van der Waals surface area contributed by atoms with Crippen molar-refractivity contribution in [1.82, 2.24) is 10.2 Å². The molecule has 0 fully saturated rings. The van der Waals surface area contributed by atoms with Gasteiger partial charge in [0, 0.05) is 15.1 Å². The van der Waals surface area contributed by atoms with Crippen LogP contribution in [0.5, 0.6) is 0 Å². The molecule has 1 aromatic carbocycles. The molecule has 0 bridgehead atoms. The first-order valence-corrected chi connectivity index (χ1v) is 8.97. The number of amides is 1. The fourth-order valence-electron chi connectivity index (χ4n) is 1.86. The zero-order valence-corrected chi connectivity index (χ0v) is 15.0. The number of halogens is 3. The smallest absolute Gasteiger partial charge is 0.269 e. The Morgan fingerprint density at radius 2 is 2.00 bits per heavy atom. The van der Waals surface area contributed by atoms with Crippen LogP contribution in [0.2, 0.25) is 15.1 Å². The van der Waals surface area contributed by atoms with Gasteiger partial charge in [-0.15, -0.1) is 21.5 Å². The van der Waals surface area contributed by atoms with Crippen LogP contribution in [0.4, 0.5) is 5.13 Å². The largest absolute Gasteiger partial charge is 0.296 e. The van der Waals surface area contributed by atoms with Crippen LogP contribution in [0.25, 0.3) is 10.1 Å².